The van der Waals surface area contributed by atoms with Gasteiger partial charge in [0.15, 0.2) is 0 Å². The van der Waals surface area contributed by atoms with Crippen molar-refractivity contribution in [2.75, 3.05) is 31.1 Å². The average molecular weight is 408 g/mol. The maximum Gasteiger partial charge on any atom is 0.417 e. The minimum absolute atomic E-state index is 0.0906. The predicted molar refractivity (Wildman–Crippen MR) is 93.7 cm³/mol. The minimum Gasteiger partial charge on any atom is -0.481 e. The number of pyridine rings is 1. The Balaban J connectivity index is 1.97. The Hall–Kier alpha value is -2.03. The highest BCUT2D eigenvalue weighted by atomic mass is 35.5. The van der Waals surface area contributed by atoms with Crippen molar-refractivity contribution in [1.29, 1.82) is 0 Å². The van der Waals surface area contributed by atoms with Crippen LogP contribution in [0.15, 0.2) is 12.3 Å². The number of hydrogen-bond donors (Lipinski definition) is 1. The Morgan fingerprint density at radius 3 is 2.26 bits per heavy atom. The Kier molecular flexibility index (Phi) is 6.24. The molecule has 1 N–H and O–H groups in total. The van der Waals surface area contributed by atoms with Gasteiger partial charge in [0.25, 0.3) is 0 Å². The topological polar surface area (TPSA) is 73.7 Å². The molecule has 1 aliphatic heterocycles. The second kappa shape index (κ2) is 7.92. The lowest BCUT2D eigenvalue weighted by molar-refractivity contribution is -0.141. The molecule has 1 aromatic heterocycles. The molecule has 0 spiro atoms. The zero-order chi connectivity index (χ0) is 20.4. The van der Waals surface area contributed by atoms with Crippen molar-refractivity contribution in [2.24, 2.45) is 5.41 Å². The monoisotopic (exact) mass is 407 g/mol. The van der Waals surface area contributed by atoms with Gasteiger partial charge in [-0.15, -0.1) is 0 Å². The Bertz CT molecular complexity index is 717. The molecule has 2 rings (SSSR count). The molecule has 150 valence electrons. The average Bonchev–Trinajstić information content (AvgIpc) is 2.52. The maximum atomic E-state index is 12.7. The molecule has 10 heteroatoms. The molecule has 0 radical (unpaired) electrons. The van der Waals surface area contributed by atoms with Gasteiger partial charge in [-0.05, 0) is 11.5 Å². The van der Waals surface area contributed by atoms with E-state index in [4.69, 9.17) is 16.7 Å². The van der Waals surface area contributed by atoms with Crippen molar-refractivity contribution in [1.82, 2.24) is 9.88 Å². The highest BCUT2D eigenvalue weighted by molar-refractivity contribution is 6.33. The first-order valence-corrected chi connectivity index (χ1v) is 8.74. The van der Waals surface area contributed by atoms with Crippen LogP contribution in [0.5, 0.6) is 0 Å². The zero-order valence-electron chi connectivity index (χ0n) is 15.0. The van der Waals surface area contributed by atoms with Gasteiger partial charge in [0.05, 0.1) is 17.0 Å². The van der Waals surface area contributed by atoms with E-state index in [2.05, 4.69) is 4.98 Å². The Morgan fingerprint density at radius 1 is 1.19 bits per heavy atom. The number of nitrogens with zero attached hydrogens (tertiary/aromatic N) is 3. The van der Waals surface area contributed by atoms with E-state index < -0.39 is 23.1 Å². The number of carboxylic acids is 1. The number of aromatic nitrogens is 1. The number of hydrogen-bond acceptors (Lipinski definition) is 4. The summed E-state index contributed by atoms with van der Waals surface area (Å²) >= 11 is 5.96. The van der Waals surface area contributed by atoms with Crippen molar-refractivity contribution in [3.8, 4) is 0 Å². The summed E-state index contributed by atoms with van der Waals surface area (Å²) in [4.78, 5) is 30.5. The fourth-order valence-corrected chi connectivity index (χ4v) is 3.27. The van der Waals surface area contributed by atoms with Crippen molar-refractivity contribution < 1.29 is 27.9 Å². The minimum atomic E-state index is -4.51. The van der Waals surface area contributed by atoms with Crippen LogP contribution in [0, 0.1) is 5.41 Å². The van der Waals surface area contributed by atoms with E-state index in [9.17, 15) is 22.8 Å². The van der Waals surface area contributed by atoms with Gasteiger partial charge in [0.2, 0.25) is 5.91 Å². The van der Waals surface area contributed by atoms with Crippen molar-refractivity contribution in [2.45, 2.75) is 32.9 Å². The molecule has 1 fully saturated rings. The summed E-state index contributed by atoms with van der Waals surface area (Å²) in [5.41, 5.74) is -1.57. The number of aliphatic carboxylic acids is 1. The van der Waals surface area contributed by atoms with E-state index in [1.807, 2.05) is 0 Å². The number of carbonyl (C=O) groups excluding carboxylic acids is 1. The number of carboxylic acid groups (broad SMARTS) is 1. The van der Waals surface area contributed by atoms with E-state index in [-0.39, 0.29) is 29.6 Å². The number of amides is 1. The van der Waals surface area contributed by atoms with Crippen LogP contribution < -0.4 is 4.90 Å². The normalized spacial score (nSPS) is 15.8. The van der Waals surface area contributed by atoms with Crippen LogP contribution in [0.2, 0.25) is 5.02 Å². The van der Waals surface area contributed by atoms with E-state index in [1.165, 1.54) is 0 Å². The number of rotatable bonds is 5. The van der Waals surface area contributed by atoms with Crippen LogP contribution in [0.3, 0.4) is 0 Å². The molecule has 6 nitrogen and oxygen atoms in total. The Morgan fingerprint density at radius 2 is 1.78 bits per heavy atom. The predicted octanol–water partition coefficient (Wildman–Crippen LogP) is 3.29. The SMILES string of the molecule is CC(C)(CC(=O)O)CC(=O)N1CCN(c2ncc(C(F)(F)F)cc2Cl)CC1. The maximum absolute atomic E-state index is 12.7. The lowest BCUT2D eigenvalue weighted by atomic mass is 9.85. The first-order chi connectivity index (χ1) is 12.4. The Labute approximate surface area is 159 Å². The van der Waals surface area contributed by atoms with Gasteiger partial charge in [-0.3, -0.25) is 9.59 Å². The first kappa shape index (κ1) is 21.3. The second-order valence-corrected chi connectivity index (χ2v) is 7.71. The van der Waals surface area contributed by atoms with Crippen LogP contribution in [0.25, 0.3) is 0 Å². The lowest BCUT2D eigenvalue weighted by Gasteiger charge is -2.37. The highest BCUT2D eigenvalue weighted by Crippen LogP contribution is 2.34. The van der Waals surface area contributed by atoms with Gasteiger partial charge >= 0.3 is 12.1 Å². The molecule has 0 aromatic carbocycles. The number of anilines is 1. The van der Waals surface area contributed by atoms with Crippen molar-refractivity contribution >= 4 is 29.3 Å². The van der Waals surface area contributed by atoms with Crippen LogP contribution in [0.1, 0.15) is 32.3 Å². The molecular formula is C17H21ClF3N3O3. The van der Waals surface area contributed by atoms with Crippen LogP contribution in [-0.2, 0) is 15.8 Å². The summed E-state index contributed by atoms with van der Waals surface area (Å²) in [5.74, 6) is -0.851. The van der Waals surface area contributed by atoms with Crippen LogP contribution in [-0.4, -0.2) is 53.0 Å². The zero-order valence-corrected chi connectivity index (χ0v) is 15.8. The molecule has 0 atom stereocenters. The second-order valence-electron chi connectivity index (χ2n) is 7.31. The van der Waals surface area contributed by atoms with Gasteiger partial charge in [0, 0.05) is 38.8 Å². The van der Waals surface area contributed by atoms with Gasteiger partial charge in [0.1, 0.15) is 5.82 Å². The van der Waals surface area contributed by atoms with E-state index in [0.717, 1.165) is 12.3 Å². The fraction of sp³-hybridized carbons (Fsp3) is 0.588. The molecule has 0 bridgehead atoms. The molecule has 0 saturated carbocycles. The number of alkyl halides is 3. The summed E-state index contributed by atoms with van der Waals surface area (Å²) < 4.78 is 38.1. The van der Waals surface area contributed by atoms with Crippen LogP contribution in [0.4, 0.5) is 19.0 Å². The molecule has 0 aliphatic carbocycles. The van der Waals surface area contributed by atoms with E-state index in [1.54, 1.807) is 23.6 Å². The molecular weight excluding hydrogens is 387 g/mol. The van der Waals surface area contributed by atoms with Gasteiger partial charge < -0.3 is 14.9 Å². The van der Waals surface area contributed by atoms with E-state index in [0.29, 0.717) is 26.2 Å². The van der Waals surface area contributed by atoms with Gasteiger partial charge in [-0.1, -0.05) is 25.4 Å². The van der Waals surface area contributed by atoms with Crippen molar-refractivity contribution in [3.63, 3.8) is 0 Å². The third kappa shape index (κ3) is 5.72. The lowest BCUT2D eigenvalue weighted by Crippen LogP contribution is -2.49. The van der Waals surface area contributed by atoms with Crippen molar-refractivity contribution in [3.05, 3.63) is 22.8 Å². The number of halogens is 4. The van der Waals surface area contributed by atoms with Crippen LogP contribution >= 0.6 is 11.6 Å². The smallest absolute Gasteiger partial charge is 0.417 e. The quantitative estimate of drug-likeness (QED) is 0.810. The fourth-order valence-electron chi connectivity index (χ4n) is 2.98. The summed E-state index contributed by atoms with van der Waals surface area (Å²) in [6.45, 7) is 4.93. The number of carbonyl (C=O) groups is 2. The molecule has 1 aliphatic rings. The standard InChI is InChI=1S/C17H21ClF3N3O3/c1-16(2,9-14(26)27)8-13(25)23-3-5-24(6-4-23)15-12(18)7-11(10-22-15)17(19,20)21/h7,10H,3-6,8-9H2,1-2H3,(H,26,27). The third-order valence-electron chi connectivity index (χ3n) is 4.34. The molecule has 1 amide bonds. The third-order valence-corrected chi connectivity index (χ3v) is 4.62. The highest BCUT2D eigenvalue weighted by Gasteiger charge is 2.33. The summed E-state index contributed by atoms with van der Waals surface area (Å²) in [6, 6.07) is 0.843. The number of piperazine rings is 1. The molecule has 0 unspecified atom stereocenters. The largest absolute Gasteiger partial charge is 0.481 e. The summed E-state index contributed by atoms with van der Waals surface area (Å²) in [6.07, 6.45) is -3.77. The summed E-state index contributed by atoms with van der Waals surface area (Å²) in [5, 5.41) is 8.82. The van der Waals surface area contributed by atoms with Gasteiger partial charge in [-0.2, -0.15) is 13.2 Å². The van der Waals surface area contributed by atoms with E-state index >= 15 is 0 Å². The molecule has 27 heavy (non-hydrogen) atoms. The molecule has 2 heterocycles. The first-order valence-electron chi connectivity index (χ1n) is 8.36. The van der Waals surface area contributed by atoms with Gasteiger partial charge in [-0.25, -0.2) is 4.98 Å². The molecule has 1 aromatic rings. The molecule has 1 saturated heterocycles. The summed E-state index contributed by atoms with van der Waals surface area (Å²) in [7, 11) is 0.